The van der Waals surface area contributed by atoms with Gasteiger partial charge in [0, 0.05) is 11.4 Å². The number of ether oxygens (including phenoxy) is 1. The van der Waals surface area contributed by atoms with Gasteiger partial charge in [-0.2, -0.15) is 4.31 Å². The highest BCUT2D eigenvalue weighted by Gasteiger charge is 2.40. The van der Waals surface area contributed by atoms with Crippen LogP contribution in [0.5, 0.6) is 0 Å². The zero-order valence-electron chi connectivity index (χ0n) is 17.7. The fraction of sp³-hybridized carbons (Fsp3) is 0.455. The quantitative estimate of drug-likeness (QED) is 0.520. The minimum Gasteiger partial charge on any atom is -0.465 e. The number of aryl methyl sites for hydroxylation is 1. The maximum atomic E-state index is 13.2. The molecule has 32 heavy (non-hydrogen) atoms. The van der Waals surface area contributed by atoms with Gasteiger partial charge in [-0.05, 0) is 68.4 Å². The molecule has 0 bridgehead atoms. The number of fused-ring (bicyclic) bond motifs is 1. The fourth-order valence-electron chi connectivity index (χ4n) is 4.38. The Balaban J connectivity index is 1.61. The molecule has 2 heterocycles. The van der Waals surface area contributed by atoms with Gasteiger partial charge in [-0.15, -0.1) is 11.3 Å². The van der Waals surface area contributed by atoms with Crippen LogP contribution >= 0.6 is 11.3 Å². The van der Waals surface area contributed by atoms with Gasteiger partial charge in [0.15, 0.2) is 0 Å². The number of rotatable bonds is 5. The first-order valence-electron chi connectivity index (χ1n) is 10.6. The molecule has 0 spiro atoms. The lowest BCUT2D eigenvalue weighted by Gasteiger charge is -2.23. The van der Waals surface area contributed by atoms with E-state index in [4.69, 9.17) is 4.74 Å². The van der Waals surface area contributed by atoms with Crippen molar-refractivity contribution in [3.8, 4) is 0 Å². The van der Waals surface area contributed by atoms with Crippen LogP contribution in [0.25, 0.3) is 0 Å². The predicted molar refractivity (Wildman–Crippen MR) is 119 cm³/mol. The van der Waals surface area contributed by atoms with Crippen molar-refractivity contribution < 1.29 is 27.1 Å². The van der Waals surface area contributed by atoms with Crippen LogP contribution in [0.1, 0.15) is 52.9 Å². The van der Waals surface area contributed by atoms with Crippen LogP contribution in [-0.4, -0.2) is 44.3 Å². The van der Waals surface area contributed by atoms with E-state index in [0.717, 1.165) is 59.0 Å². The Hall–Kier alpha value is -2.30. The largest absolute Gasteiger partial charge is 0.465 e. The normalized spacial score (nSPS) is 19.2. The van der Waals surface area contributed by atoms with Crippen LogP contribution in [0.2, 0.25) is 0 Å². The summed E-state index contributed by atoms with van der Waals surface area (Å²) in [6.07, 6.45) is 5.56. The van der Waals surface area contributed by atoms with E-state index in [1.54, 1.807) is 0 Å². The van der Waals surface area contributed by atoms with Gasteiger partial charge in [0.05, 0.1) is 17.6 Å². The molecule has 1 atom stereocenters. The van der Waals surface area contributed by atoms with Crippen LogP contribution in [0.3, 0.4) is 0 Å². The first-order valence-corrected chi connectivity index (χ1v) is 12.9. The van der Waals surface area contributed by atoms with Gasteiger partial charge < -0.3 is 10.1 Å². The molecule has 1 unspecified atom stereocenters. The average molecular weight is 481 g/mol. The van der Waals surface area contributed by atoms with E-state index in [-0.39, 0.29) is 11.4 Å². The summed E-state index contributed by atoms with van der Waals surface area (Å²) in [6, 6.07) is 3.66. The third-order valence-corrected chi connectivity index (χ3v) is 9.10. The molecule has 7 nitrogen and oxygen atoms in total. The second kappa shape index (κ2) is 9.29. The number of thiophene rings is 1. The van der Waals surface area contributed by atoms with Gasteiger partial charge in [0.25, 0.3) is 0 Å². The second-order valence-electron chi connectivity index (χ2n) is 7.98. The molecule has 2 aromatic rings. The maximum Gasteiger partial charge on any atom is 0.341 e. The van der Waals surface area contributed by atoms with E-state index < -0.39 is 33.8 Å². The fourth-order valence-corrected chi connectivity index (χ4v) is 7.31. The Labute approximate surface area is 190 Å². The average Bonchev–Trinajstić information content (AvgIpc) is 3.33. The minimum atomic E-state index is -3.96. The number of nitrogens with zero attached hydrogens (tertiary/aromatic N) is 1. The highest BCUT2D eigenvalue weighted by atomic mass is 32.2. The molecule has 0 radical (unpaired) electrons. The minimum absolute atomic E-state index is 0.0586. The van der Waals surface area contributed by atoms with E-state index in [2.05, 4.69) is 5.32 Å². The molecule has 1 N–H and O–H groups in total. The van der Waals surface area contributed by atoms with Crippen LogP contribution in [0.4, 0.5) is 9.39 Å². The van der Waals surface area contributed by atoms with Crippen molar-refractivity contribution in [2.75, 3.05) is 19.0 Å². The van der Waals surface area contributed by atoms with Crippen LogP contribution in [0.15, 0.2) is 29.2 Å². The van der Waals surface area contributed by atoms with Crippen molar-refractivity contribution in [2.45, 2.75) is 55.9 Å². The van der Waals surface area contributed by atoms with E-state index in [1.807, 2.05) is 0 Å². The van der Waals surface area contributed by atoms with Crippen molar-refractivity contribution in [3.63, 3.8) is 0 Å². The number of hydrogen-bond donors (Lipinski definition) is 1. The molecule has 1 aliphatic carbocycles. The number of esters is 1. The van der Waals surface area contributed by atoms with E-state index in [9.17, 15) is 22.4 Å². The molecule has 2 aliphatic rings. The summed E-state index contributed by atoms with van der Waals surface area (Å²) in [5, 5.41) is 3.24. The van der Waals surface area contributed by atoms with Gasteiger partial charge in [0.2, 0.25) is 15.9 Å². The van der Waals surface area contributed by atoms with Gasteiger partial charge >= 0.3 is 5.97 Å². The molecule has 0 saturated carbocycles. The van der Waals surface area contributed by atoms with Gasteiger partial charge in [-0.25, -0.2) is 17.6 Å². The molecule has 1 aromatic heterocycles. The van der Waals surface area contributed by atoms with Gasteiger partial charge in [0.1, 0.15) is 16.9 Å². The lowest BCUT2D eigenvalue weighted by molar-refractivity contribution is -0.119. The van der Waals surface area contributed by atoms with Crippen molar-refractivity contribution in [2.24, 2.45) is 0 Å². The van der Waals surface area contributed by atoms with Gasteiger partial charge in [-0.3, -0.25) is 4.79 Å². The van der Waals surface area contributed by atoms with Crippen molar-refractivity contribution in [3.05, 3.63) is 46.1 Å². The lowest BCUT2D eigenvalue weighted by atomic mass is 10.1. The topological polar surface area (TPSA) is 92.8 Å². The summed E-state index contributed by atoms with van der Waals surface area (Å²) in [7, 11) is -2.65. The summed E-state index contributed by atoms with van der Waals surface area (Å²) in [6.45, 7) is 0.197. The third-order valence-electron chi connectivity index (χ3n) is 5.97. The smallest absolute Gasteiger partial charge is 0.341 e. The summed E-state index contributed by atoms with van der Waals surface area (Å²) < 4.78 is 45.5. The number of anilines is 1. The lowest BCUT2D eigenvalue weighted by Crippen LogP contribution is -2.43. The Bertz CT molecular complexity index is 1130. The van der Waals surface area contributed by atoms with Crippen molar-refractivity contribution in [1.82, 2.24) is 4.31 Å². The van der Waals surface area contributed by atoms with E-state index in [0.29, 0.717) is 23.4 Å². The number of carbonyl (C=O) groups excluding carboxylic acids is 2. The Kier molecular flexibility index (Phi) is 6.64. The molecule has 1 fully saturated rings. The molecule has 10 heteroatoms. The Morgan fingerprint density at radius 2 is 1.84 bits per heavy atom. The predicted octanol–water partition coefficient (Wildman–Crippen LogP) is 3.73. The molecule has 1 amide bonds. The monoisotopic (exact) mass is 480 g/mol. The number of methoxy groups -OCH3 is 1. The molecule has 4 rings (SSSR count). The van der Waals surface area contributed by atoms with E-state index >= 15 is 0 Å². The SMILES string of the molecule is COC(=O)c1c(NC(=O)C2CCCN2S(=O)(=O)c2ccc(F)cc2)sc2c1CCCCC2. The molecule has 172 valence electrons. The zero-order chi connectivity index (χ0) is 22.9. The first-order chi connectivity index (χ1) is 15.3. The number of hydrogen-bond acceptors (Lipinski definition) is 6. The number of carbonyl (C=O) groups is 2. The summed E-state index contributed by atoms with van der Waals surface area (Å²) in [5.74, 6) is -1.51. The summed E-state index contributed by atoms with van der Waals surface area (Å²) >= 11 is 1.37. The molecular weight excluding hydrogens is 455 g/mol. The third kappa shape index (κ3) is 4.31. The second-order valence-corrected chi connectivity index (χ2v) is 11.0. The zero-order valence-corrected chi connectivity index (χ0v) is 19.4. The highest BCUT2D eigenvalue weighted by Crippen LogP contribution is 2.38. The van der Waals surface area contributed by atoms with E-state index in [1.165, 1.54) is 30.6 Å². The van der Waals surface area contributed by atoms with Crippen LogP contribution in [-0.2, 0) is 32.4 Å². The molecule has 1 saturated heterocycles. The molecule has 1 aliphatic heterocycles. The molecule has 1 aromatic carbocycles. The van der Waals surface area contributed by atoms with Crippen LogP contribution in [0, 0.1) is 5.82 Å². The highest BCUT2D eigenvalue weighted by molar-refractivity contribution is 7.89. The standard InChI is InChI=1S/C22H25FN2O5S2/c1-30-22(27)19-16-6-3-2-4-8-18(16)31-21(19)24-20(26)17-7-5-13-25(17)32(28,29)15-11-9-14(23)10-12-15/h9-12,17H,2-8,13H2,1H3,(H,24,26). The number of halogens is 1. The Morgan fingerprint density at radius 1 is 1.12 bits per heavy atom. The summed E-state index contributed by atoms with van der Waals surface area (Å²) in [5.41, 5.74) is 1.31. The van der Waals surface area contributed by atoms with Crippen molar-refractivity contribution in [1.29, 1.82) is 0 Å². The number of sulfonamides is 1. The summed E-state index contributed by atoms with van der Waals surface area (Å²) in [4.78, 5) is 26.7. The number of benzene rings is 1. The van der Waals surface area contributed by atoms with Crippen LogP contribution < -0.4 is 5.32 Å². The molecular formula is C22H25FN2O5S2. The Morgan fingerprint density at radius 3 is 2.56 bits per heavy atom. The number of nitrogens with one attached hydrogen (secondary N) is 1. The van der Waals surface area contributed by atoms with Crippen molar-refractivity contribution >= 4 is 38.2 Å². The number of amides is 1. The van der Waals surface area contributed by atoms with Gasteiger partial charge in [-0.1, -0.05) is 6.42 Å². The first kappa shape index (κ1) is 22.9. The maximum absolute atomic E-state index is 13.2.